The van der Waals surface area contributed by atoms with Crippen LogP contribution in [0.4, 0.5) is 4.79 Å². The number of aryl methyl sites for hydroxylation is 1. The summed E-state index contributed by atoms with van der Waals surface area (Å²) in [5, 5.41) is 2.35. The van der Waals surface area contributed by atoms with Crippen LogP contribution in [0.1, 0.15) is 20.1 Å². The normalized spacial score (nSPS) is 14.8. The van der Waals surface area contributed by atoms with Crippen LogP contribution < -0.4 is 19.5 Å². The molecule has 1 aliphatic rings. The first-order valence-electron chi connectivity index (χ1n) is 9.28. The number of carbonyl (C=O) groups is 3. The molecule has 0 saturated carbocycles. The van der Waals surface area contributed by atoms with E-state index in [1.54, 1.807) is 24.3 Å². The highest BCUT2D eigenvalue weighted by molar-refractivity contribution is 8.18. The molecule has 31 heavy (non-hydrogen) atoms. The van der Waals surface area contributed by atoms with Crippen molar-refractivity contribution in [2.45, 2.75) is 6.92 Å². The van der Waals surface area contributed by atoms with Crippen LogP contribution in [0.5, 0.6) is 17.2 Å². The van der Waals surface area contributed by atoms with Gasteiger partial charge in [-0.1, -0.05) is 0 Å². The number of amides is 3. The summed E-state index contributed by atoms with van der Waals surface area (Å²) in [5.74, 6) is 0.688. The molecule has 10 heteroatoms. The number of thioether (sulfide) groups is 1. The zero-order valence-corrected chi connectivity index (χ0v) is 19.1. The van der Waals surface area contributed by atoms with Crippen molar-refractivity contribution in [3.8, 4) is 17.2 Å². The highest BCUT2D eigenvalue weighted by Gasteiger charge is 2.34. The maximum absolute atomic E-state index is 12.7. The minimum Gasteiger partial charge on any atom is -0.493 e. The zero-order chi connectivity index (χ0) is 22.5. The summed E-state index contributed by atoms with van der Waals surface area (Å²) >= 11 is 2.23. The van der Waals surface area contributed by atoms with Gasteiger partial charge in [0.1, 0.15) is 0 Å². The van der Waals surface area contributed by atoms with Gasteiger partial charge in [0.05, 0.1) is 31.1 Å². The average Bonchev–Trinajstić information content (AvgIpc) is 3.31. The fourth-order valence-electron chi connectivity index (χ4n) is 2.95. The van der Waals surface area contributed by atoms with Gasteiger partial charge in [0.2, 0.25) is 5.75 Å². The molecule has 3 rings (SSSR count). The van der Waals surface area contributed by atoms with Crippen LogP contribution in [0.15, 0.2) is 29.2 Å². The molecule has 3 amide bonds. The van der Waals surface area contributed by atoms with Crippen molar-refractivity contribution in [1.82, 2.24) is 10.2 Å². The predicted octanol–water partition coefficient (Wildman–Crippen LogP) is 3.55. The number of hydrogen-bond acceptors (Lipinski definition) is 8. The molecule has 1 saturated heterocycles. The van der Waals surface area contributed by atoms with E-state index in [2.05, 4.69) is 5.32 Å². The second-order valence-electron chi connectivity index (χ2n) is 6.46. The van der Waals surface area contributed by atoms with Crippen LogP contribution >= 0.6 is 23.1 Å². The summed E-state index contributed by atoms with van der Waals surface area (Å²) in [6.45, 7) is 2.18. The van der Waals surface area contributed by atoms with Crippen LogP contribution in [-0.2, 0) is 4.79 Å². The molecule has 8 nitrogen and oxygen atoms in total. The van der Waals surface area contributed by atoms with E-state index in [-0.39, 0.29) is 29.1 Å². The van der Waals surface area contributed by atoms with Crippen molar-refractivity contribution in [1.29, 1.82) is 0 Å². The van der Waals surface area contributed by atoms with E-state index < -0.39 is 5.91 Å². The molecule has 1 aromatic carbocycles. The minimum absolute atomic E-state index is 0.0906. The topological polar surface area (TPSA) is 94.2 Å². The van der Waals surface area contributed by atoms with E-state index in [0.29, 0.717) is 27.7 Å². The van der Waals surface area contributed by atoms with Crippen molar-refractivity contribution in [2.24, 2.45) is 0 Å². The average molecular weight is 463 g/mol. The quantitative estimate of drug-likeness (QED) is 0.600. The molecular weight excluding hydrogens is 440 g/mol. The molecule has 2 heterocycles. The summed E-state index contributed by atoms with van der Waals surface area (Å²) < 4.78 is 15.9. The Hall–Kier alpha value is -2.98. The Morgan fingerprint density at radius 1 is 1.10 bits per heavy atom. The van der Waals surface area contributed by atoms with Gasteiger partial charge in [-0.15, -0.1) is 11.3 Å². The van der Waals surface area contributed by atoms with Crippen LogP contribution in [0.3, 0.4) is 0 Å². The second-order valence-corrected chi connectivity index (χ2v) is 8.74. The van der Waals surface area contributed by atoms with E-state index >= 15 is 0 Å². The third-order valence-electron chi connectivity index (χ3n) is 4.44. The van der Waals surface area contributed by atoms with Crippen molar-refractivity contribution in [3.05, 3.63) is 44.5 Å². The molecule has 0 spiro atoms. The third kappa shape index (κ3) is 5.02. The summed E-state index contributed by atoms with van der Waals surface area (Å²) in [7, 11) is 4.51. The first kappa shape index (κ1) is 22.7. The Morgan fingerprint density at radius 2 is 1.77 bits per heavy atom. The number of hydrogen-bond donors (Lipinski definition) is 1. The number of ether oxygens (including phenoxy) is 3. The number of imide groups is 1. The molecular formula is C21H22N2O6S2. The van der Waals surface area contributed by atoms with Crippen molar-refractivity contribution in [3.63, 3.8) is 0 Å². The minimum atomic E-state index is -0.412. The van der Waals surface area contributed by atoms with Gasteiger partial charge in [-0.3, -0.25) is 19.3 Å². The Kier molecular flexibility index (Phi) is 7.24. The highest BCUT2D eigenvalue weighted by atomic mass is 32.2. The molecule has 1 aromatic heterocycles. The monoisotopic (exact) mass is 462 g/mol. The number of benzene rings is 1. The number of nitrogens with one attached hydrogen (secondary N) is 1. The van der Waals surface area contributed by atoms with Gasteiger partial charge in [0.15, 0.2) is 11.5 Å². The lowest BCUT2D eigenvalue weighted by Gasteiger charge is -2.13. The Morgan fingerprint density at radius 3 is 2.32 bits per heavy atom. The molecule has 164 valence electrons. The van der Waals surface area contributed by atoms with Gasteiger partial charge >= 0.3 is 0 Å². The van der Waals surface area contributed by atoms with E-state index in [1.807, 2.05) is 13.0 Å². The first-order valence-corrected chi connectivity index (χ1v) is 10.9. The standard InChI is InChI=1S/C21H22N2O6S2/c1-12-5-6-16(30-12)19(24)22-7-8-23-20(25)17(31-21(23)26)11-13-9-14(27-2)18(29-4)15(10-13)28-3/h5-6,9-11H,7-8H2,1-4H3,(H,22,24). The summed E-state index contributed by atoms with van der Waals surface area (Å²) in [6, 6.07) is 7.00. The van der Waals surface area contributed by atoms with E-state index in [0.717, 1.165) is 21.5 Å². The fraction of sp³-hybridized carbons (Fsp3) is 0.286. The molecule has 0 aliphatic carbocycles. The molecule has 1 N–H and O–H groups in total. The Labute approximate surface area is 188 Å². The van der Waals surface area contributed by atoms with E-state index in [9.17, 15) is 14.4 Å². The number of thiophene rings is 1. The number of rotatable bonds is 8. The van der Waals surface area contributed by atoms with E-state index in [1.165, 1.54) is 32.7 Å². The molecule has 0 bridgehead atoms. The molecule has 0 atom stereocenters. The number of carbonyl (C=O) groups excluding carboxylic acids is 3. The Balaban J connectivity index is 1.69. The van der Waals surface area contributed by atoms with Crippen molar-refractivity contribution in [2.75, 3.05) is 34.4 Å². The molecule has 0 unspecified atom stereocenters. The number of nitrogens with zero attached hydrogens (tertiary/aromatic N) is 1. The lowest BCUT2D eigenvalue weighted by Crippen LogP contribution is -2.37. The second kappa shape index (κ2) is 9.88. The maximum atomic E-state index is 12.7. The summed E-state index contributed by atoms with van der Waals surface area (Å²) in [6.07, 6.45) is 1.60. The van der Waals surface area contributed by atoms with Crippen molar-refractivity contribution < 1.29 is 28.6 Å². The van der Waals surface area contributed by atoms with Gasteiger partial charge in [-0.05, 0) is 54.6 Å². The summed E-state index contributed by atoms with van der Waals surface area (Å²) in [4.78, 5) is 40.2. The largest absolute Gasteiger partial charge is 0.493 e. The van der Waals surface area contributed by atoms with Gasteiger partial charge in [0, 0.05) is 18.0 Å². The number of methoxy groups -OCH3 is 3. The summed E-state index contributed by atoms with van der Waals surface area (Å²) in [5.41, 5.74) is 0.626. The predicted molar refractivity (Wildman–Crippen MR) is 120 cm³/mol. The highest BCUT2D eigenvalue weighted by Crippen LogP contribution is 2.40. The SMILES string of the molecule is COc1cc(C=C2SC(=O)N(CCNC(=O)c3ccc(C)s3)C2=O)cc(OC)c1OC. The lowest BCUT2D eigenvalue weighted by molar-refractivity contribution is -0.122. The van der Waals surface area contributed by atoms with Gasteiger partial charge < -0.3 is 19.5 Å². The van der Waals surface area contributed by atoms with Crippen LogP contribution in [0.25, 0.3) is 6.08 Å². The smallest absolute Gasteiger partial charge is 0.293 e. The molecule has 2 aromatic rings. The Bertz CT molecular complexity index is 1020. The maximum Gasteiger partial charge on any atom is 0.293 e. The van der Waals surface area contributed by atoms with Crippen LogP contribution in [-0.4, -0.2) is 56.4 Å². The van der Waals surface area contributed by atoms with Crippen molar-refractivity contribution >= 4 is 46.2 Å². The van der Waals surface area contributed by atoms with Crippen LogP contribution in [0.2, 0.25) is 0 Å². The molecule has 1 aliphatic heterocycles. The van der Waals surface area contributed by atoms with Gasteiger partial charge in [-0.25, -0.2) is 0 Å². The van der Waals surface area contributed by atoms with Crippen LogP contribution in [0, 0.1) is 6.92 Å². The fourth-order valence-corrected chi connectivity index (χ4v) is 4.60. The van der Waals surface area contributed by atoms with Gasteiger partial charge in [0.25, 0.3) is 17.1 Å². The zero-order valence-electron chi connectivity index (χ0n) is 17.5. The van der Waals surface area contributed by atoms with E-state index in [4.69, 9.17) is 14.2 Å². The third-order valence-corrected chi connectivity index (χ3v) is 6.35. The molecule has 0 radical (unpaired) electrons. The molecule has 1 fully saturated rings. The first-order chi connectivity index (χ1) is 14.9. The van der Waals surface area contributed by atoms with Gasteiger partial charge in [-0.2, -0.15) is 0 Å². The lowest BCUT2D eigenvalue weighted by atomic mass is 10.1.